The van der Waals surface area contributed by atoms with Crippen LogP contribution in [0.1, 0.15) is 46.5 Å². The number of aryl methyl sites for hydroxylation is 1. The maximum atomic E-state index is 14.6. The molecule has 1 aliphatic carbocycles. The van der Waals surface area contributed by atoms with E-state index in [0.717, 1.165) is 25.7 Å². The molecular weight excluding hydrogens is 379 g/mol. The molecule has 1 saturated carbocycles. The van der Waals surface area contributed by atoms with E-state index >= 15 is 0 Å². The summed E-state index contributed by atoms with van der Waals surface area (Å²) >= 11 is 0. The van der Waals surface area contributed by atoms with Gasteiger partial charge in [0, 0.05) is 20.0 Å². The molecule has 160 valence electrons. The summed E-state index contributed by atoms with van der Waals surface area (Å²) in [6.45, 7) is 6.04. The number of rotatable bonds is 8. The number of carbonyl (C=O) groups excluding carboxylic acids is 1. The minimum atomic E-state index is -0.528. The quantitative estimate of drug-likeness (QED) is 0.723. The van der Waals surface area contributed by atoms with Crippen LogP contribution in [0, 0.1) is 5.82 Å². The Morgan fingerprint density at radius 2 is 2.03 bits per heavy atom. The maximum Gasteiger partial charge on any atom is 0.297 e. The van der Waals surface area contributed by atoms with Crippen LogP contribution in [0.25, 0.3) is 11.0 Å². The fourth-order valence-corrected chi connectivity index (χ4v) is 3.60. The van der Waals surface area contributed by atoms with E-state index in [4.69, 9.17) is 14.2 Å². The van der Waals surface area contributed by atoms with Gasteiger partial charge in [-0.2, -0.15) is 9.37 Å². The molecule has 29 heavy (non-hydrogen) atoms. The Labute approximate surface area is 169 Å². The van der Waals surface area contributed by atoms with Gasteiger partial charge in [0.05, 0.1) is 25.5 Å². The lowest BCUT2D eigenvalue weighted by Crippen LogP contribution is -2.37. The number of nitrogens with zero attached hydrogens (tertiary/aromatic N) is 3. The molecule has 8 nitrogen and oxygen atoms in total. The normalized spacial score (nSPS) is 20.4. The van der Waals surface area contributed by atoms with Crippen LogP contribution in [0.15, 0.2) is 6.20 Å². The van der Waals surface area contributed by atoms with Gasteiger partial charge in [0.15, 0.2) is 0 Å². The standard InChI is InChI=1S/C20H29FN4O4/c1-5-27-19-17(21)18-16(10-22-19)24-20(25(18)4)29-15-8-6-14(7-9-15)28-11-12(2)23-13(3)26/h10,12,14-15H,5-9,11H2,1-4H3,(H,23,26)/t12-,14?,15?/m0/s1. The molecule has 0 spiro atoms. The van der Waals surface area contributed by atoms with Crippen molar-refractivity contribution in [1.29, 1.82) is 0 Å². The third kappa shape index (κ3) is 5.14. The molecule has 0 saturated heterocycles. The molecule has 0 radical (unpaired) electrons. The van der Waals surface area contributed by atoms with Crippen LogP contribution < -0.4 is 14.8 Å². The summed E-state index contributed by atoms with van der Waals surface area (Å²) in [7, 11) is 1.72. The lowest BCUT2D eigenvalue weighted by Gasteiger charge is -2.29. The van der Waals surface area contributed by atoms with Crippen molar-refractivity contribution in [3.8, 4) is 11.9 Å². The first-order valence-corrected chi connectivity index (χ1v) is 10.1. The lowest BCUT2D eigenvalue weighted by atomic mass is 9.95. The van der Waals surface area contributed by atoms with Crippen LogP contribution in [0.3, 0.4) is 0 Å². The third-order valence-corrected chi connectivity index (χ3v) is 4.99. The zero-order chi connectivity index (χ0) is 21.0. The van der Waals surface area contributed by atoms with E-state index in [1.807, 2.05) is 6.92 Å². The number of imidazole rings is 1. The molecular formula is C20H29FN4O4. The van der Waals surface area contributed by atoms with Gasteiger partial charge in [-0.3, -0.25) is 9.36 Å². The van der Waals surface area contributed by atoms with Gasteiger partial charge in [0.1, 0.15) is 17.1 Å². The summed E-state index contributed by atoms with van der Waals surface area (Å²) in [5.74, 6) is -0.610. The van der Waals surface area contributed by atoms with Gasteiger partial charge >= 0.3 is 0 Å². The smallest absolute Gasteiger partial charge is 0.297 e. The molecule has 2 aromatic rings. The monoisotopic (exact) mass is 408 g/mol. The second kappa shape index (κ2) is 9.39. The molecule has 0 aliphatic heterocycles. The molecule has 2 aromatic heterocycles. The molecule has 0 aromatic carbocycles. The fraction of sp³-hybridized carbons (Fsp3) is 0.650. The topological polar surface area (TPSA) is 87.5 Å². The number of hydrogen-bond donors (Lipinski definition) is 1. The first-order chi connectivity index (χ1) is 13.9. The molecule has 2 heterocycles. The predicted octanol–water partition coefficient (Wildman–Crippen LogP) is 2.74. The van der Waals surface area contributed by atoms with Crippen LogP contribution in [0.5, 0.6) is 11.9 Å². The van der Waals surface area contributed by atoms with Gasteiger partial charge in [-0.1, -0.05) is 0 Å². The highest BCUT2D eigenvalue weighted by atomic mass is 19.1. The van der Waals surface area contributed by atoms with Crippen LogP contribution >= 0.6 is 0 Å². The summed E-state index contributed by atoms with van der Waals surface area (Å²) in [4.78, 5) is 19.4. The second-order valence-corrected chi connectivity index (χ2v) is 7.45. The minimum absolute atomic E-state index is 0.000475. The van der Waals surface area contributed by atoms with Crippen LogP contribution in [0.2, 0.25) is 0 Å². The van der Waals surface area contributed by atoms with Crippen molar-refractivity contribution in [3.05, 3.63) is 12.0 Å². The number of pyridine rings is 1. The van der Waals surface area contributed by atoms with E-state index in [1.54, 1.807) is 18.5 Å². The zero-order valence-corrected chi connectivity index (χ0v) is 17.4. The van der Waals surface area contributed by atoms with Crippen molar-refractivity contribution in [2.45, 2.75) is 64.7 Å². The zero-order valence-electron chi connectivity index (χ0n) is 17.4. The van der Waals surface area contributed by atoms with E-state index in [0.29, 0.717) is 30.3 Å². The number of aromatic nitrogens is 3. The minimum Gasteiger partial charge on any atom is -0.476 e. The molecule has 0 bridgehead atoms. The average molecular weight is 408 g/mol. The van der Waals surface area contributed by atoms with Gasteiger partial charge in [-0.25, -0.2) is 4.98 Å². The summed E-state index contributed by atoms with van der Waals surface area (Å²) in [6, 6.07) is 0.365. The lowest BCUT2D eigenvalue weighted by molar-refractivity contribution is -0.120. The van der Waals surface area contributed by atoms with Crippen LogP contribution in [-0.4, -0.2) is 51.9 Å². The Kier molecular flexibility index (Phi) is 6.89. The van der Waals surface area contributed by atoms with E-state index < -0.39 is 5.82 Å². The van der Waals surface area contributed by atoms with E-state index in [2.05, 4.69) is 15.3 Å². The van der Waals surface area contributed by atoms with Crippen molar-refractivity contribution < 1.29 is 23.4 Å². The van der Waals surface area contributed by atoms with E-state index in [-0.39, 0.29) is 30.0 Å². The van der Waals surface area contributed by atoms with Crippen LogP contribution in [-0.2, 0) is 16.6 Å². The number of hydrogen-bond acceptors (Lipinski definition) is 6. The molecule has 0 unspecified atom stereocenters. The first kappa shape index (κ1) is 21.3. The number of carbonyl (C=O) groups is 1. The summed E-state index contributed by atoms with van der Waals surface area (Å²) in [5.41, 5.74) is 0.759. The number of fused-ring (bicyclic) bond motifs is 1. The molecule has 1 aliphatic rings. The molecule has 3 rings (SSSR count). The largest absolute Gasteiger partial charge is 0.476 e. The molecule has 1 N–H and O–H groups in total. The van der Waals surface area contributed by atoms with E-state index in [1.165, 1.54) is 13.1 Å². The Morgan fingerprint density at radius 3 is 2.69 bits per heavy atom. The number of amides is 1. The SMILES string of the molecule is CCOc1ncc2nc(OC3CCC(OC[C@H](C)NC(C)=O)CC3)n(C)c2c1F. The number of nitrogens with one attached hydrogen (secondary N) is 1. The Bertz CT molecular complexity index is 849. The summed E-state index contributed by atoms with van der Waals surface area (Å²) in [6.07, 6.45) is 5.04. The van der Waals surface area contributed by atoms with Crippen LogP contribution in [0.4, 0.5) is 4.39 Å². The summed E-state index contributed by atoms with van der Waals surface area (Å²) in [5, 5.41) is 2.81. The maximum absolute atomic E-state index is 14.6. The van der Waals surface area contributed by atoms with Gasteiger partial charge in [-0.15, -0.1) is 0 Å². The Morgan fingerprint density at radius 1 is 1.34 bits per heavy atom. The summed E-state index contributed by atoms with van der Waals surface area (Å²) < 4.78 is 33.4. The second-order valence-electron chi connectivity index (χ2n) is 7.45. The van der Waals surface area contributed by atoms with Crippen molar-refractivity contribution in [3.63, 3.8) is 0 Å². The van der Waals surface area contributed by atoms with Crippen molar-refractivity contribution >= 4 is 16.9 Å². The fourth-order valence-electron chi connectivity index (χ4n) is 3.60. The van der Waals surface area contributed by atoms with Gasteiger partial charge in [-0.05, 0) is 39.5 Å². The average Bonchev–Trinajstić information content (AvgIpc) is 2.99. The Hall–Kier alpha value is -2.42. The highest BCUT2D eigenvalue weighted by Gasteiger charge is 2.26. The van der Waals surface area contributed by atoms with Gasteiger partial charge < -0.3 is 19.5 Å². The van der Waals surface area contributed by atoms with Crippen molar-refractivity contribution in [1.82, 2.24) is 19.9 Å². The number of ether oxygens (including phenoxy) is 3. The first-order valence-electron chi connectivity index (χ1n) is 10.1. The van der Waals surface area contributed by atoms with Crippen molar-refractivity contribution in [2.75, 3.05) is 13.2 Å². The van der Waals surface area contributed by atoms with Crippen molar-refractivity contribution in [2.24, 2.45) is 7.05 Å². The molecule has 9 heteroatoms. The highest BCUT2D eigenvalue weighted by Crippen LogP contribution is 2.30. The Balaban J connectivity index is 1.56. The number of halogens is 1. The molecule has 1 fully saturated rings. The highest BCUT2D eigenvalue weighted by molar-refractivity contribution is 5.77. The molecule has 1 atom stereocenters. The van der Waals surface area contributed by atoms with Gasteiger partial charge in [0.25, 0.3) is 11.9 Å². The van der Waals surface area contributed by atoms with Gasteiger partial charge in [0.2, 0.25) is 11.7 Å². The van der Waals surface area contributed by atoms with E-state index in [9.17, 15) is 9.18 Å². The molecule has 1 amide bonds. The third-order valence-electron chi connectivity index (χ3n) is 4.99. The predicted molar refractivity (Wildman–Crippen MR) is 106 cm³/mol.